The molecule has 0 atom stereocenters. The Bertz CT molecular complexity index is 393. The summed E-state index contributed by atoms with van der Waals surface area (Å²) < 4.78 is 1.11. The van der Waals surface area contributed by atoms with Crippen LogP contribution < -0.4 is 5.73 Å². The molecule has 0 aliphatic heterocycles. The normalized spacial score (nSPS) is 10.6. The minimum Gasteiger partial charge on any atom is -0.375 e. The van der Waals surface area contributed by atoms with Crippen molar-refractivity contribution in [3.8, 4) is 0 Å². The van der Waals surface area contributed by atoms with Gasteiger partial charge in [0.05, 0.1) is 10.9 Å². The van der Waals surface area contributed by atoms with Gasteiger partial charge in [-0.15, -0.1) is 0 Å². The summed E-state index contributed by atoms with van der Waals surface area (Å²) in [5, 5.41) is 0.604. The summed E-state index contributed by atoms with van der Waals surface area (Å²) in [5.74, 6) is 0. The summed E-state index contributed by atoms with van der Waals surface area (Å²) in [7, 11) is 0. The molecular weight excluding hydrogens is 158 g/mol. The van der Waals surface area contributed by atoms with Crippen LogP contribution in [0.3, 0.4) is 0 Å². The highest BCUT2D eigenvalue weighted by molar-refractivity contribution is 7.22. The van der Waals surface area contributed by atoms with E-state index in [0.717, 1.165) is 15.9 Å². The van der Waals surface area contributed by atoms with Crippen LogP contribution in [0.2, 0.25) is 0 Å². The summed E-state index contributed by atoms with van der Waals surface area (Å²) in [5.41, 5.74) is 7.41. The molecule has 0 aromatic carbocycles. The van der Waals surface area contributed by atoms with Crippen molar-refractivity contribution in [1.29, 1.82) is 0 Å². The molecule has 2 heterocycles. The van der Waals surface area contributed by atoms with Crippen LogP contribution in [0, 0.1) is 6.92 Å². The van der Waals surface area contributed by atoms with Crippen LogP contribution in [0.15, 0.2) is 12.3 Å². The summed E-state index contributed by atoms with van der Waals surface area (Å²) in [6, 6.07) is 1.99. The number of anilines is 1. The van der Waals surface area contributed by atoms with Crippen molar-refractivity contribution in [1.82, 2.24) is 9.97 Å². The first-order valence-electron chi connectivity index (χ1n) is 3.24. The van der Waals surface area contributed by atoms with Gasteiger partial charge in [-0.1, -0.05) is 11.3 Å². The van der Waals surface area contributed by atoms with Crippen LogP contribution in [0.25, 0.3) is 10.2 Å². The number of rotatable bonds is 0. The smallest absolute Gasteiger partial charge is 0.181 e. The number of hydrogen-bond acceptors (Lipinski definition) is 4. The highest BCUT2D eigenvalue weighted by Crippen LogP contribution is 2.22. The van der Waals surface area contributed by atoms with E-state index < -0.39 is 0 Å². The first-order chi connectivity index (χ1) is 5.25. The molecule has 2 rings (SSSR count). The first kappa shape index (κ1) is 6.54. The molecule has 11 heavy (non-hydrogen) atoms. The monoisotopic (exact) mass is 165 g/mol. The third-order valence-electron chi connectivity index (χ3n) is 1.43. The summed E-state index contributed by atoms with van der Waals surface area (Å²) in [4.78, 5) is 8.20. The quantitative estimate of drug-likeness (QED) is 0.644. The van der Waals surface area contributed by atoms with Crippen LogP contribution in [0.5, 0.6) is 0 Å². The number of hydrogen-bond donors (Lipinski definition) is 1. The molecule has 0 aliphatic rings. The molecule has 3 nitrogen and oxygen atoms in total. The Hall–Kier alpha value is -1.16. The van der Waals surface area contributed by atoms with Crippen molar-refractivity contribution in [2.45, 2.75) is 6.92 Å². The van der Waals surface area contributed by atoms with Gasteiger partial charge in [0.15, 0.2) is 5.13 Å². The molecular formula is C7H7N3S. The van der Waals surface area contributed by atoms with E-state index >= 15 is 0 Å². The van der Waals surface area contributed by atoms with Gasteiger partial charge in [-0.25, -0.2) is 4.98 Å². The zero-order valence-electron chi connectivity index (χ0n) is 6.03. The lowest BCUT2D eigenvalue weighted by molar-refractivity contribution is 1.22. The van der Waals surface area contributed by atoms with E-state index in [0.29, 0.717) is 5.13 Å². The lowest BCUT2D eigenvalue weighted by atomic mass is 10.4. The molecule has 2 aromatic rings. The number of pyridine rings is 1. The van der Waals surface area contributed by atoms with Crippen molar-refractivity contribution < 1.29 is 0 Å². The molecule has 0 saturated carbocycles. The maximum Gasteiger partial charge on any atom is 0.181 e. The number of nitrogens with zero attached hydrogens (tertiary/aromatic N) is 2. The predicted molar refractivity (Wildman–Crippen MR) is 46.6 cm³/mol. The summed E-state index contributed by atoms with van der Waals surface area (Å²) in [6.45, 7) is 1.95. The molecule has 2 aromatic heterocycles. The molecule has 56 valence electrons. The third-order valence-corrected chi connectivity index (χ3v) is 2.28. The molecule has 0 aliphatic carbocycles. The van der Waals surface area contributed by atoms with Crippen LogP contribution in [-0.4, -0.2) is 9.97 Å². The number of nitrogens with two attached hydrogens (primary N) is 1. The lowest BCUT2D eigenvalue weighted by Gasteiger charge is -1.87. The zero-order valence-corrected chi connectivity index (χ0v) is 6.85. The average Bonchev–Trinajstić information content (AvgIpc) is 2.27. The molecule has 4 heteroatoms. The minimum atomic E-state index is 0.604. The number of aromatic nitrogens is 2. The van der Waals surface area contributed by atoms with Crippen LogP contribution in [0.1, 0.15) is 5.69 Å². The van der Waals surface area contributed by atoms with Crippen molar-refractivity contribution in [3.05, 3.63) is 18.0 Å². The minimum absolute atomic E-state index is 0.604. The Kier molecular flexibility index (Phi) is 1.29. The largest absolute Gasteiger partial charge is 0.375 e. The van der Waals surface area contributed by atoms with Gasteiger partial charge >= 0.3 is 0 Å². The van der Waals surface area contributed by atoms with Gasteiger partial charge in [0.2, 0.25) is 0 Å². The van der Waals surface area contributed by atoms with Gasteiger partial charge < -0.3 is 5.73 Å². The van der Waals surface area contributed by atoms with Gasteiger partial charge in [-0.2, -0.15) is 0 Å². The first-order valence-corrected chi connectivity index (χ1v) is 4.06. The summed E-state index contributed by atoms with van der Waals surface area (Å²) >= 11 is 1.49. The maximum atomic E-state index is 5.52. The van der Waals surface area contributed by atoms with E-state index in [-0.39, 0.29) is 0 Å². The van der Waals surface area contributed by atoms with Gasteiger partial charge in [0, 0.05) is 5.69 Å². The van der Waals surface area contributed by atoms with Gasteiger partial charge in [-0.05, 0) is 13.0 Å². The van der Waals surface area contributed by atoms with Gasteiger partial charge in [0.25, 0.3) is 0 Å². The van der Waals surface area contributed by atoms with Crippen LogP contribution in [-0.2, 0) is 0 Å². The Morgan fingerprint density at radius 3 is 3.18 bits per heavy atom. The Balaban J connectivity index is 2.82. The number of nitrogen functional groups attached to an aromatic ring is 1. The number of aryl methyl sites for hydroxylation is 1. The van der Waals surface area contributed by atoms with E-state index in [1.807, 2.05) is 13.0 Å². The molecule has 0 bridgehead atoms. The molecule has 0 saturated heterocycles. The molecule has 2 N–H and O–H groups in total. The highest BCUT2D eigenvalue weighted by atomic mass is 32.1. The fraction of sp³-hybridized carbons (Fsp3) is 0.143. The fourth-order valence-corrected chi connectivity index (χ4v) is 1.75. The van der Waals surface area contributed by atoms with E-state index in [2.05, 4.69) is 9.97 Å². The van der Waals surface area contributed by atoms with Crippen LogP contribution >= 0.6 is 11.3 Å². The number of thiazole rings is 1. The second kappa shape index (κ2) is 2.17. The molecule has 0 radical (unpaired) electrons. The molecule has 0 amide bonds. The fourth-order valence-electron chi connectivity index (χ4n) is 0.947. The maximum absolute atomic E-state index is 5.52. The predicted octanol–water partition coefficient (Wildman–Crippen LogP) is 1.58. The zero-order chi connectivity index (χ0) is 7.84. The van der Waals surface area contributed by atoms with E-state index in [4.69, 9.17) is 5.73 Å². The average molecular weight is 165 g/mol. The van der Waals surface area contributed by atoms with Crippen molar-refractivity contribution in [2.75, 3.05) is 5.73 Å². The second-order valence-corrected chi connectivity index (χ2v) is 3.41. The van der Waals surface area contributed by atoms with E-state index in [1.165, 1.54) is 11.3 Å². The second-order valence-electron chi connectivity index (χ2n) is 2.35. The standard InChI is InChI=1S/C7H7N3S/c1-4-2-6-5(3-9-4)10-7(8)11-6/h2-3H,1H3,(H2,8,10). The molecule has 0 spiro atoms. The Labute approximate surface area is 67.9 Å². The van der Waals surface area contributed by atoms with E-state index in [9.17, 15) is 0 Å². The topological polar surface area (TPSA) is 51.8 Å². The lowest BCUT2D eigenvalue weighted by Crippen LogP contribution is -1.80. The van der Waals surface area contributed by atoms with Gasteiger partial charge in [0.1, 0.15) is 5.52 Å². The van der Waals surface area contributed by atoms with E-state index in [1.54, 1.807) is 6.20 Å². The highest BCUT2D eigenvalue weighted by Gasteiger charge is 1.99. The molecule has 0 fully saturated rings. The number of fused-ring (bicyclic) bond motifs is 1. The van der Waals surface area contributed by atoms with Crippen molar-refractivity contribution in [3.63, 3.8) is 0 Å². The summed E-state index contributed by atoms with van der Waals surface area (Å²) in [6.07, 6.45) is 1.75. The Morgan fingerprint density at radius 2 is 2.36 bits per heavy atom. The Morgan fingerprint density at radius 1 is 1.55 bits per heavy atom. The van der Waals surface area contributed by atoms with Crippen molar-refractivity contribution in [2.24, 2.45) is 0 Å². The van der Waals surface area contributed by atoms with Crippen LogP contribution in [0.4, 0.5) is 5.13 Å². The third kappa shape index (κ3) is 1.05. The van der Waals surface area contributed by atoms with Crippen molar-refractivity contribution >= 4 is 26.7 Å². The van der Waals surface area contributed by atoms with Gasteiger partial charge in [-0.3, -0.25) is 4.98 Å². The SMILES string of the molecule is Cc1cc2sc(N)nc2cn1. The molecule has 0 unspecified atom stereocenters.